The second-order valence-electron chi connectivity index (χ2n) is 7.83. The van der Waals surface area contributed by atoms with E-state index in [9.17, 15) is 14.9 Å². The van der Waals surface area contributed by atoms with Crippen LogP contribution in [0.25, 0.3) is 0 Å². The van der Waals surface area contributed by atoms with E-state index in [1.54, 1.807) is 41.5 Å². The number of imide groups is 1. The number of carbonyl (C=O) groups excluding carboxylic acids is 2. The molecule has 1 rings (SSSR count). The number of ether oxygens (including phenoxy) is 2. The molecule has 138 valence electrons. The zero-order valence-corrected chi connectivity index (χ0v) is 16.1. The Kier molecular flexibility index (Phi) is 5.84. The Morgan fingerprint density at radius 1 is 1.12 bits per heavy atom. The third-order valence-corrected chi connectivity index (χ3v) is 2.74. The van der Waals surface area contributed by atoms with Gasteiger partial charge in [-0.1, -0.05) is 0 Å². The summed E-state index contributed by atoms with van der Waals surface area (Å²) in [6.07, 6.45) is -0.557. The average Bonchev–Trinajstić information content (AvgIpc) is 2.78. The lowest BCUT2D eigenvalue weighted by Crippen LogP contribution is -2.45. The molecular formula is C17H26N4O4. The van der Waals surface area contributed by atoms with Crippen molar-refractivity contribution in [2.75, 3.05) is 4.90 Å². The standard InChI is InChI=1S/C17H26N4O4/c1-11(2)21-13(12(9-18)10-19-21)20(14(22)24-16(3,4)5)15(23)25-17(6,7)8/h10-11H,1-8H3. The zero-order chi connectivity index (χ0) is 19.6. The number of rotatable bonds is 2. The number of hydrogen-bond acceptors (Lipinski definition) is 6. The van der Waals surface area contributed by atoms with E-state index in [1.165, 1.54) is 10.9 Å². The first kappa shape index (κ1) is 20.5. The molecule has 0 aliphatic carbocycles. The maximum Gasteiger partial charge on any atom is 0.425 e. The summed E-state index contributed by atoms with van der Waals surface area (Å²) in [6.45, 7) is 13.7. The zero-order valence-electron chi connectivity index (χ0n) is 16.1. The number of nitriles is 1. The summed E-state index contributed by atoms with van der Waals surface area (Å²) in [5.74, 6) is 0.0287. The van der Waals surface area contributed by atoms with E-state index in [4.69, 9.17) is 9.47 Å². The predicted molar refractivity (Wildman–Crippen MR) is 92.3 cm³/mol. The molecule has 0 spiro atoms. The molecule has 8 nitrogen and oxygen atoms in total. The molecule has 0 aliphatic heterocycles. The Morgan fingerprint density at radius 3 is 1.88 bits per heavy atom. The van der Waals surface area contributed by atoms with E-state index in [2.05, 4.69) is 5.10 Å². The quantitative estimate of drug-likeness (QED) is 0.799. The summed E-state index contributed by atoms with van der Waals surface area (Å²) < 4.78 is 12.1. The van der Waals surface area contributed by atoms with E-state index in [0.29, 0.717) is 0 Å². The molecule has 8 heteroatoms. The second kappa shape index (κ2) is 7.13. The van der Waals surface area contributed by atoms with Crippen LogP contribution in [0.2, 0.25) is 0 Å². The fourth-order valence-corrected chi connectivity index (χ4v) is 1.90. The summed E-state index contributed by atoms with van der Waals surface area (Å²) in [6, 6.07) is 1.76. The van der Waals surface area contributed by atoms with Crippen molar-refractivity contribution in [1.29, 1.82) is 5.26 Å². The highest BCUT2D eigenvalue weighted by Crippen LogP contribution is 2.27. The number of hydrogen-bond donors (Lipinski definition) is 0. The molecule has 0 atom stereocenters. The van der Waals surface area contributed by atoms with Crippen LogP contribution in [-0.2, 0) is 9.47 Å². The minimum absolute atomic E-state index is 0.0287. The van der Waals surface area contributed by atoms with Gasteiger partial charge in [0.15, 0.2) is 5.82 Å². The second-order valence-corrected chi connectivity index (χ2v) is 7.83. The number of nitrogens with zero attached hydrogens (tertiary/aromatic N) is 4. The maximum atomic E-state index is 12.7. The highest BCUT2D eigenvalue weighted by atomic mass is 16.6. The molecule has 0 saturated carbocycles. The molecule has 2 amide bonds. The van der Waals surface area contributed by atoms with Crippen molar-refractivity contribution in [3.63, 3.8) is 0 Å². The van der Waals surface area contributed by atoms with Gasteiger partial charge in [-0.3, -0.25) is 0 Å². The number of anilines is 1. The van der Waals surface area contributed by atoms with Crippen LogP contribution < -0.4 is 4.90 Å². The first-order chi connectivity index (χ1) is 11.3. The molecule has 1 heterocycles. The van der Waals surface area contributed by atoms with Gasteiger partial charge in [0.05, 0.1) is 6.20 Å². The molecule has 0 radical (unpaired) electrons. The number of carbonyl (C=O) groups is 2. The van der Waals surface area contributed by atoms with Gasteiger partial charge in [0.2, 0.25) is 0 Å². The van der Waals surface area contributed by atoms with Crippen LogP contribution in [-0.4, -0.2) is 33.2 Å². The van der Waals surface area contributed by atoms with E-state index >= 15 is 0 Å². The lowest BCUT2D eigenvalue weighted by atomic mass is 10.2. The van der Waals surface area contributed by atoms with Crippen LogP contribution in [0.1, 0.15) is 67.0 Å². The molecule has 0 unspecified atom stereocenters. The Morgan fingerprint density at radius 2 is 1.56 bits per heavy atom. The molecule has 25 heavy (non-hydrogen) atoms. The molecule has 0 bridgehead atoms. The van der Waals surface area contributed by atoms with Crippen LogP contribution in [0, 0.1) is 11.3 Å². The van der Waals surface area contributed by atoms with E-state index in [-0.39, 0.29) is 17.4 Å². The number of aromatic nitrogens is 2. The van der Waals surface area contributed by atoms with Crippen LogP contribution in [0.15, 0.2) is 6.20 Å². The molecule has 0 saturated heterocycles. The smallest absolute Gasteiger partial charge is 0.425 e. The van der Waals surface area contributed by atoms with Gasteiger partial charge >= 0.3 is 12.2 Å². The summed E-state index contributed by atoms with van der Waals surface area (Å²) in [5, 5.41) is 13.5. The lowest BCUT2D eigenvalue weighted by molar-refractivity contribution is 0.0426. The van der Waals surface area contributed by atoms with Gasteiger partial charge in [0.25, 0.3) is 0 Å². The summed E-state index contributed by atoms with van der Waals surface area (Å²) >= 11 is 0. The minimum Gasteiger partial charge on any atom is -0.443 e. The first-order valence-electron chi connectivity index (χ1n) is 8.00. The largest absolute Gasteiger partial charge is 0.443 e. The first-order valence-corrected chi connectivity index (χ1v) is 8.00. The lowest BCUT2D eigenvalue weighted by Gasteiger charge is -2.29. The Hall–Kier alpha value is -2.56. The Labute approximate surface area is 148 Å². The summed E-state index contributed by atoms with van der Waals surface area (Å²) in [5.41, 5.74) is -1.58. The van der Waals surface area contributed by atoms with Gasteiger partial charge < -0.3 is 9.47 Å². The molecule has 0 aliphatic rings. The van der Waals surface area contributed by atoms with E-state index in [0.717, 1.165) is 4.90 Å². The van der Waals surface area contributed by atoms with E-state index < -0.39 is 23.4 Å². The maximum absolute atomic E-state index is 12.7. The predicted octanol–water partition coefficient (Wildman–Crippen LogP) is 4.01. The average molecular weight is 350 g/mol. The Bertz CT molecular complexity index is 659. The molecule has 0 aromatic carbocycles. The van der Waals surface area contributed by atoms with Crippen molar-refractivity contribution in [1.82, 2.24) is 9.78 Å². The van der Waals surface area contributed by atoms with Gasteiger partial charge in [-0.15, -0.1) is 0 Å². The van der Waals surface area contributed by atoms with Crippen molar-refractivity contribution in [2.24, 2.45) is 0 Å². The van der Waals surface area contributed by atoms with Crippen LogP contribution >= 0.6 is 0 Å². The number of amides is 2. The van der Waals surface area contributed by atoms with Crippen LogP contribution in [0.5, 0.6) is 0 Å². The normalized spacial score (nSPS) is 11.8. The molecule has 0 N–H and O–H groups in total. The van der Waals surface area contributed by atoms with Gasteiger partial charge in [0.1, 0.15) is 22.8 Å². The highest BCUT2D eigenvalue weighted by molar-refractivity contribution is 6.09. The fourth-order valence-electron chi connectivity index (χ4n) is 1.90. The van der Waals surface area contributed by atoms with Gasteiger partial charge in [0, 0.05) is 6.04 Å². The third kappa shape index (κ3) is 5.48. The molecule has 1 aromatic heterocycles. The van der Waals surface area contributed by atoms with Crippen molar-refractivity contribution < 1.29 is 19.1 Å². The van der Waals surface area contributed by atoms with Gasteiger partial charge in [-0.2, -0.15) is 15.3 Å². The van der Waals surface area contributed by atoms with Crippen molar-refractivity contribution in [3.05, 3.63) is 11.8 Å². The summed E-state index contributed by atoms with van der Waals surface area (Å²) in [4.78, 5) is 26.1. The van der Waals surface area contributed by atoms with Gasteiger partial charge in [-0.05, 0) is 55.4 Å². The molecular weight excluding hydrogens is 324 g/mol. The van der Waals surface area contributed by atoms with Crippen LogP contribution in [0.4, 0.5) is 15.4 Å². The molecule has 1 aromatic rings. The van der Waals surface area contributed by atoms with Crippen molar-refractivity contribution >= 4 is 18.0 Å². The van der Waals surface area contributed by atoms with Crippen LogP contribution in [0.3, 0.4) is 0 Å². The highest BCUT2D eigenvalue weighted by Gasteiger charge is 2.37. The Balaban J connectivity index is 3.47. The van der Waals surface area contributed by atoms with Crippen molar-refractivity contribution in [3.8, 4) is 6.07 Å². The van der Waals surface area contributed by atoms with Gasteiger partial charge in [-0.25, -0.2) is 14.3 Å². The third-order valence-electron chi connectivity index (χ3n) is 2.74. The molecule has 0 fully saturated rings. The van der Waals surface area contributed by atoms with Crippen molar-refractivity contribution in [2.45, 2.75) is 72.6 Å². The monoisotopic (exact) mass is 350 g/mol. The van der Waals surface area contributed by atoms with E-state index in [1.807, 2.05) is 19.9 Å². The fraction of sp³-hybridized carbons (Fsp3) is 0.647. The minimum atomic E-state index is -0.930. The topological polar surface area (TPSA) is 97.5 Å². The SMILES string of the molecule is CC(C)n1ncc(C#N)c1N(C(=O)OC(C)(C)C)C(=O)OC(C)(C)C. The summed E-state index contributed by atoms with van der Waals surface area (Å²) in [7, 11) is 0.